The Morgan fingerprint density at radius 1 is 1.36 bits per heavy atom. The van der Waals surface area contributed by atoms with Crippen molar-refractivity contribution in [3.63, 3.8) is 0 Å². The van der Waals surface area contributed by atoms with E-state index in [0.717, 1.165) is 0 Å². The minimum absolute atomic E-state index is 0.180. The van der Waals surface area contributed by atoms with Crippen molar-refractivity contribution < 1.29 is 14.3 Å². The molecule has 4 heteroatoms. The van der Waals surface area contributed by atoms with E-state index in [1.54, 1.807) is 14.0 Å². The molecule has 0 fully saturated rings. The highest BCUT2D eigenvalue weighted by atomic mass is 16.6. The highest BCUT2D eigenvalue weighted by molar-refractivity contribution is 5.75. The number of hydrogen-bond acceptors (Lipinski definition) is 4. The van der Waals surface area contributed by atoms with Gasteiger partial charge in [0, 0.05) is 0 Å². The van der Waals surface area contributed by atoms with Gasteiger partial charge in [0.2, 0.25) is 0 Å². The summed E-state index contributed by atoms with van der Waals surface area (Å²) in [6.45, 7) is 8.39. The van der Waals surface area contributed by atoms with Crippen molar-refractivity contribution in [3.05, 3.63) is 0 Å². The number of hydrogen-bond donors (Lipinski definition) is 1. The summed E-state index contributed by atoms with van der Waals surface area (Å²) in [6.07, 6.45) is 0. The molecule has 0 aliphatic rings. The van der Waals surface area contributed by atoms with Crippen molar-refractivity contribution in [2.45, 2.75) is 39.3 Å². The summed E-state index contributed by atoms with van der Waals surface area (Å²) in [7, 11) is 1.72. The first kappa shape index (κ1) is 13.4. The monoisotopic (exact) mass is 203 g/mol. The summed E-state index contributed by atoms with van der Waals surface area (Å²) in [5, 5.41) is 2.81. The van der Waals surface area contributed by atoms with Crippen LogP contribution in [0.5, 0.6) is 0 Å². The zero-order valence-corrected chi connectivity index (χ0v) is 9.72. The first-order valence-electron chi connectivity index (χ1n) is 4.84. The van der Waals surface area contributed by atoms with Crippen LogP contribution in [-0.2, 0) is 14.3 Å². The van der Waals surface area contributed by atoms with Crippen LogP contribution < -0.4 is 5.32 Å². The molecule has 1 N–H and O–H groups in total. The van der Waals surface area contributed by atoms with E-state index < -0.39 is 0 Å². The third-order valence-electron chi connectivity index (χ3n) is 1.65. The lowest BCUT2D eigenvalue weighted by Crippen LogP contribution is -2.33. The molecule has 0 aromatic rings. The van der Waals surface area contributed by atoms with Crippen LogP contribution in [0.25, 0.3) is 0 Å². The summed E-state index contributed by atoms with van der Waals surface area (Å²) in [4.78, 5) is 11.2. The van der Waals surface area contributed by atoms with E-state index in [1.165, 1.54) is 0 Å². The predicted molar refractivity (Wildman–Crippen MR) is 55.2 cm³/mol. The summed E-state index contributed by atoms with van der Waals surface area (Å²) in [5.74, 6) is -0.245. The lowest BCUT2D eigenvalue weighted by molar-refractivity contribution is -0.148. The molecular weight excluding hydrogens is 182 g/mol. The van der Waals surface area contributed by atoms with E-state index in [9.17, 15) is 4.79 Å². The molecule has 0 aliphatic carbocycles. The van der Waals surface area contributed by atoms with E-state index in [2.05, 4.69) is 5.32 Å². The average Bonchev–Trinajstić information content (AvgIpc) is 2.09. The lowest BCUT2D eigenvalue weighted by Gasteiger charge is -2.19. The molecule has 0 rings (SSSR count). The molecule has 0 spiro atoms. The average molecular weight is 203 g/mol. The van der Waals surface area contributed by atoms with E-state index in [4.69, 9.17) is 9.47 Å². The second-order valence-electron chi connectivity index (χ2n) is 4.14. The highest BCUT2D eigenvalue weighted by Gasteiger charge is 2.13. The zero-order chi connectivity index (χ0) is 11.2. The maximum absolute atomic E-state index is 11.2. The minimum Gasteiger partial charge on any atom is -0.462 e. The first-order chi connectivity index (χ1) is 6.37. The van der Waals surface area contributed by atoms with Crippen LogP contribution in [0.2, 0.25) is 0 Å². The number of likely N-dealkylation sites (N-methyl/N-ethyl adjacent to an activating group) is 1. The van der Waals surface area contributed by atoms with E-state index in [0.29, 0.717) is 13.2 Å². The Hall–Kier alpha value is -0.610. The van der Waals surface area contributed by atoms with Crippen molar-refractivity contribution in [2.75, 3.05) is 20.3 Å². The number of rotatable bonds is 5. The Labute approximate surface area is 86.0 Å². The van der Waals surface area contributed by atoms with Gasteiger partial charge in [0.05, 0.1) is 12.2 Å². The lowest BCUT2D eigenvalue weighted by atomic mass is 10.2. The number of esters is 1. The van der Waals surface area contributed by atoms with Crippen LogP contribution >= 0.6 is 0 Å². The predicted octanol–water partition coefficient (Wildman–Crippen LogP) is 0.953. The fourth-order valence-electron chi connectivity index (χ4n) is 0.733. The fourth-order valence-corrected chi connectivity index (χ4v) is 0.733. The summed E-state index contributed by atoms with van der Waals surface area (Å²) in [5.41, 5.74) is -0.180. The van der Waals surface area contributed by atoms with Gasteiger partial charge in [-0.1, -0.05) is 0 Å². The molecule has 4 nitrogen and oxygen atoms in total. The van der Waals surface area contributed by atoms with Crippen LogP contribution in [-0.4, -0.2) is 37.9 Å². The molecule has 0 saturated carbocycles. The molecule has 1 atom stereocenters. The maximum atomic E-state index is 11.2. The maximum Gasteiger partial charge on any atom is 0.322 e. The quantitative estimate of drug-likeness (QED) is 0.534. The van der Waals surface area contributed by atoms with Crippen LogP contribution in [0.15, 0.2) is 0 Å². The van der Waals surface area contributed by atoms with Gasteiger partial charge in [0.25, 0.3) is 0 Å². The second-order valence-corrected chi connectivity index (χ2v) is 4.14. The third-order valence-corrected chi connectivity index (χ3v) is 1.65. The van der Waals surface area contributed by atoms with Crippen molar-refractivity contribution in [1.29, 1.82) is 0 Å². The molecule has 84 valence electrons. The Kier molecular flexibility index (Phi) is 5.72. The van der Waals surface area contributed by atoms with Crippen molar-refractivity contribution in [1.82, 2.24) is 5.32 Å². The molecule has 0 aromatic carbocycles. The van der Waals surface area contributed by atoms with Crippen LogP contribution in [0.4, 0.5) is 0 Å². The van der Waals surface area contributed by atoms with Gasteiger partial charge < -0.3 is 14.8 Å². The van der Waals surface area contributed by atoms with E-state index in [-0.39, 0.29) is 17.6 Å². The Morgan fingerprint density at radius 3 is 2.36 bits per heavy atom. The molecule has 0 saturated heterocycles. The van der Waals surface area contributed by atoms with Crippen molar-refractivity contribution in [3.8, 4) is 0 Å². The zero-order valence-electron chi connectivity index (χ0n) is 9.72. The smallest absolute Gasteiger partial charge is 0.322 e. The molecule has 0 radical (unpaired) electrons. The fraction of sp³-hybridized carbons (Fsp3) is 0.900. The summed E-state index contributed by atoms with van der Waals surface area (Å²) < 4.78 is 10.4. The SMILES string of the molecule is CNC(C)C(=O)OCCOC(C)(C)C. The molecule has 0 aliphatic heterocycles. The Morgan fingerprint density at radius 2 is 1.93 bits per heavy atom. The van der Waals surface area contributed by atoms with Gasteiger partial charge in [-0.05, 0) is 34.7 Å². The van der Waals surface area contributed by atoms with Gasteiger partial charge >= 0.3 is 5.97 Å². The molecule has 0 bridgehead atoms. The summed E-state index contributed by atoms with van der Waals surface area (Å²) in [6, 6.07) is -0.260. The number of carbonyl (C=O) groups is 1. The Bertz CT molecular complexity index is 175. The van der Waals surface area contributed by atoms with Gasteiger partial charge in [-0.15, -0.1) is 0 Å². The van der Waals surface area contributed by atoms with Gasteiger partial charge in [0.1, 0.15) is 12.6 Å². The van der Waals surface area contributed by atoms with Gasteiger partial charge in [-0.2, -0.15) is 0 Å². The van der Waals surface area contributed by atoms with E-state index >= 15 is 0 Å². The molecule has 0 amide bonds. The highest BCUT2D eigenvalue weighted by Crippen LogP contribution is 2.05. The second kappa shape index (κ2) is 5.98. The Balaban J connectivity index is 3.51. The molecule has 14 heavy (non-hydrogen) atoms. The van der Waals surface area contributed by atoms with Crippen LogP contribution in [0.1, 0.15) is 27.7 Å². The largest absolute Gasteiger partial charge is 0.462 e. The topological polar surface area (TPSA) is 47.6 Å². The van der Waals surface area contributed by atoms with E-state index in [1.807, 2.05) is 20.8 Å². The first-order valence-corrected chi connectivity index (χ1v) is 4.84. The third kappa shape index (κ3) is 6.86. The van der Waals surface area contributed by atoms with Crippen LogP contribution in [0, 0.1) is 0 Å². The minimum atomic E-state index is -0.260. The number of nitrogens with one attached hydrogen (secondary N) is 1. The molecular formula is C10H21NO3. The molecule has 1 unspecified atom stereocenters. The van der Waals surface area contributed by atoms with Crippen LogP contribution in [0.3, 0.4) is 0 Å². The van der Waals surface area contributed by atoms with Crippen molar-refractivity contribution >= 4 is 5.97 Å². The molecule has 0 aromatic heterocycles. The molecule has 0 heterocycles. The number of carbonyl (C=O) groups excluding carboxylic acids is 1. The van der Waals surface area contributed by atoms with Gasteiger partial charge in [-0.3, -0.25) is 4.79 Å². The van der Waals surface area contributed by atoms with Gasteiger partial charge in [-0.25, -0.2) is 0 Å². The van der Waals surface area contributed by atoms with Gasteiger partial charge in [0.15, 0.2) is 0 Å². The number of ether oxygens (including phenoxy) is 2. The normalized spacial score (nSPS) is 13.8. The van der Waals surface area contributed by atoms with Crippen molar-refractivity contribution in [2.24, 2.45) is 0 Å². The summed E-state index contributed by atoms with van der Waals surface area (Å²) >= 11 is 0. The standard InChI is InChI=1S/C10H21NO3/c1-8(11-5)9(12)13-6-7-14-10(2,3)4/h8,11H,6-7H2,1-5H3.